The summed E-state index contributed by atoms with van der Waals surface area (Å²) in [6.45, 7) is 0.826. The van der Waals surface area contributed by atoms with Gasteiger partial charge in [0.05, 0.1) is 29.4 Å². The summed E-state index contributed by atoms with van der Waals surface area (Å²) < 4.78 is 7.84. The molecule has 2 atom stereocenters. The molecule has 4 rings (SSSR count). The standard InChI is InChI=1S/C17H15BrN6O2/c18-12-7-20-17(21-8-12)22-14-9-26-10-15(14)24-16(25)4-3-13(23-24)11-2-1-5-19-6-11/h1-8,14-15H,9-10H2,(H,20,21,22). The summed E-state index contributed by atoms with van der Waals surface area (Å²) in [5.41, 5.74) is 1.35. The van der Waals surface area contributed by atoms with E-state index in [0.29, 0.717) is 24.9 Å². The van der Waals surface area contributed by atoms with Crippen LogP contribution in [0.15, 0.2) is 58.3 Å². The topological polar surface area (TPSA) is 94.8 Å². The van der Waals surface area contributed by atoms with E-state index in [1.807, 2.05) is 12.1 Å². The molecule has 1 saturated heterocycles. The van der Waals surface area contributed by atoms with Crippen LogP contribution < -0.4 is 10.9 Å². The second kappa shape index (κ2) is 7.30. The molecular formula is C17H15BrN6O2. The molecule has 3 aromatic heterocycles. The van der Waals surface area contributed by atoms with Crippen molar-refractivity contribution in [2.45, 2.75) is 12.1 Å². The molecule has 1 fully saturated rings. The Hall–Kier alpha value is -2.65. The Morgan fingerprint density at radius 3 is 2.77 bits per heavy atom. The third-order valence-electron chi connectivity index (χ3n) is 4.08. The molecule has 26 heavy (non-hydrogen) atoms. The minimum absolute atomic E-state index is 0.162. The maximum absolute atomic E-state index is 12.4. The molecule has 1 aliphatic heterocycles. The zero-order valence-corrected chi connectivity index (χ0v) is 15.2. The van der Waals surface area contributed by atoms with Gasteiger partial charge in [0.25, 0.3) is 5.56 Å². The predicted octanol–water partition coefficient (Wildman–Crippen LogP) is 1.91. The van der Waals surface area contributed by atoms with Crippen LogP contribution in [0.25, 0.3) is 11.3 Å². The highest BCUT2D eigenvalue weighted by Gasteiger charge is 2.32. The number of halogens is 1. The Kier molecular flexibility index (Phi) is 4.72. The molecule has 0 radical (unpaired) electrons. The summed E-state index contributed by atoms with van der Waals surface area (Å²) in [7, 11) is 0. The third kappa shape index (κ3) is 3.49. The number of nitrogens with zero attached hydrogens (tertiary/aromatic N) is 5. The van der Waals surface area contributed by atoms with Gasteiger partial charge in [-0.1, -0.05) is 0 Å². The summed E-state index contributed by atoms with van der Waals surface area (Å²) in [6.07, 6.45) is 6.73. The Labute approximate surface area is 157 Å². The number of ether oxygens (including phenoxy) is 1. The molecule has 3 aromatic rings. The largest absolute Gasteiger partial charge is 0.377 e. The van der Waals surface area contributed by atoms with Crippen LogP contribution in [0, 0.1) is 0 Å². The fraction of sp³-hybridized carbons (Fsp3) is 0.235. The molecule has 4 heterocycles. The van der Waals surface area contributed by atoms with Gasteiger partial charge in [-0.3, -0.25) is 9.78 Å². The fourth-order valence-electron chi connectivity index (χ4n) is 2.81. The van der Waals surface area contributed by atoms with Crippen LogP contribution in [0.3, 0.4) is 0 Å². The van der Waals surface area contributed by atoms with Gasteiger partial charge in [0.2, 0.25) is 5.95 Å². The van der Waals surface area contributed by atoms with Gasteiger partial charge in [-0.25, -0.2) is 14.6 Å². The quantitative estimate of drug-likeness (QED) is 0.696. The molecule has 0 aromatic carbocycles. The lowest BCUT2D eigenvalue weighted by molar-refractivity contribution is 0.183. The van der Waals surface area contributed by atoms with Crippen molar-refractivity contribution >= 4 is 21.9 Å². The van der Waals surface area contributed by atoms with Crippen molar-refractivity contribution in [2.24, 2.45) is 0 Å². The van der Waals surface area contributed by atoms with Crippen molar-refractivity contribution in [3.8, 4) is 11.3 Å². The minimum Gasteiger partial charge on any atom is -0.377 e. The smallest absolute Gasteiger partial charge is 0.267 e. The molecule has 2 unspecified atom stereocenters. The maximum Gasteiger partial charge on any atom is 0.267 e. The van der Waals surface area contributed by atoms with Gasteiger partial charge in [0.15, 0.2) is 0 Å². The van der Waals surface area contributed by atoms with Gasteiger partial charge in [0, 0.05) is 36.4 Å². The van der Waals surface area contributed by atoms with Gasteiger partial charge < -0.3 is 10.1 Å². The van der Waals surface area contributed by atoms with Crippen molar-refractivity contribution in [3.05, 3.63) is 63.9 Å². The van der Waals surface area contributed by atoms with E-state index in [9.17, 15) is 4.79 Å². The van der Waals surface area contributed by atoms with Crippen LogP contribution >= 0.6 is 15.9 Å². The van der Waals surface area contributed by atoms with E-state index < -0.39 is 0 Å². The lowest BCUT2D eigenvalue weighted by Gasteiger charge is -2.20. The zero-order chi connectivity index (χ0) is 17.9. The normalized spacial score (nSPS) is 19.4. The average molecular weight is 415 g/mol. The number of pyridine rings is 1. The molecule has 1 aliphatic rings. The van der Waals surface area contributed by atoms with Crippen LogP contribution in [0.2, 0.25) is 0 Å². The number of nitrogens with one attached hydrogen (secondary N) is 1. The van der Waals surface area contributed by atoms with Crippen LogP contribution in [0.5, 0.6) is 0 Å². The number of hydrogen-bond donors (Lipinski definition) is 1. The zero-order valence-electron chi connectivity index (χ0n) is 13.6. The summed E-state index contributed by atoms with van der Waals surface area (Å²) in [5.74, 6) is 0.477. The van der Waals surface area contributed by atoms with Gasteiger partial charge >= 0.3 is 0 Å². The van der Waals surface area contributed by atoms with E-state index in [1.165, 1.54) is 10.7 Å². The van der Waals surface area contributed by atoms with Crippen LogP contribution in [-0.2, 0) is 4.74 Å². The van der Waals surface area contributed by atoms with Crippen molar-refractivity contribution in [1.29, 1.82) is 0 Å². The van der Waals surface area contributed by atoms with Gasteiger partial charge in [0.1, 0.15) is 6.04 Å². The highest BCUT2D eigenvalue weighted by Crippen LogP contribution is 2.22. The Morgan fingerprint density at radius 1 is 1.15 bits per heavy atom. The van der Waals surface area contributed by atoms with Crippen molar-refractivity contribution in [1.82, 2.24) is 24.7 Å². The lowest BCUT2D eigenvalue weighted by Crippen LogP contribution is -2.37. The van der Waals surface area contributed by atoms with Gasteiger partial charge in [-0.2, -0.15) is 5.10 Å². The highest BCUT2D eigenvalue weighted by molar-refractivity contribution is 9.10. The Morgan fingerprint density at radius 2 is 2.00 bits per heavy atom. The first-order valence-electron chi connectivity index (χ1n) is 8.03. The molecule has 0 amide bonds. The Bertz CT molecular complexity index is 947. The summed E-state index contributed by atoms with van der Waals surface area (Å²) in [5, 5.41) is 7.75. The summed E-state index contributed by atoms with van der Waals surface area (Å²) in [6, 6.07) is 6.53. The molecule has 0 saturated carbocycles. The SMILES string of the molecule is O=c1ccc(-c2cccnc2)nn1C1COCC1Nc1ncc(Br)cn1. The monoisotopic (exact) mass is 414 g/mol. The molecule has 1 N–H and O–H groups in total. The summed E-state index contributed by atoms with van der Waals surface area (Å²) >= 11 is 3.31. The average Bonchev–Trinajstić information content (AvgIpc) is 3.13. The lowest BCUT2D eigenvalue weighted by atomic mass is 10.1. The highest BCUT2D eigenvalue weighted by atomic mass is 79.9. The molecular weight excluding hydrogens is 400 g/mol. The van der Waals surface area contributed by atoms with Crippen molar-refractivity contribution < 1.29 is 4.74 Å². The molecule has 0 spiro atoms. The first kappa shape index (κ1) is 16.8. The van der Waals surface area contributed by atoms with E-state index in [2.05, 4.69) is 41.3 Å². The van der Waals surface area contributed by atoms with Crippen LogP contribution in [-0.4, -0.2) is 44.0 Å². The summed E-state index contributed by atoms with van der Waals surface area (Å²) in [4.78, 5) is 24.9. The number of aromatic nitrogens is 5. The molecule has 132 valence electrons. The number of anilines is 1. The van der Waals surface area contributed by atoms with E-state index in [4.69, 9.17) is 4.74 Å². The number of rotatable bonds is 4. The fourth-order valence-corrected chi connectivity index (χ4v) is 3.01. The van der Waals surface area contributed by atoms with Gasteiger partial charge in [-0.15, -0.1) is 0 Å². The van der Waals surface area contributed by atoms with E-state index >= 15 is 0 Å². The Balaban J connectivity index is 1.63. The molecule has 9 heteroatoms. The van der Waals surface area contributed by atoms with Crippen molar-refractivity contribution in [3.63, 3.8) is 0 Å². The maximum atomic E-state index is 12.4. The second-order valence-electron chi connectivity index (χ2n) is 5.82. The van der Waals surface area contributed by atoms with Gasteiger partial charge in [-0.05, 0) is 34.1 Å². The van der Waals surface area contributed by atoms with E-state index in [-0.39, 0.29) is 17.6 Å². The molecule has 0 bridgehead atoms. The molecule has 8 nitrogen and oxygen atoms in total. The second-order valence-corrected chi connectivity index (χ2v) is 6.74. The van der Waals surface area contributed by atoms with Crippen molar-refractivity contribution in [2.75, 3.05) is 18.5 Å². The number of hydrogen-bond acceptors (Lipinski definition) is 7. The predicted molar refractivity (Wildman–Crippen MR) is 98.7 cm³/mol. The van der Waals surface area contributed by atoms with E-state index in [1.54, 1.807) is 30.9 Å². The molecule has 0 aliphatic carbocycles. The first-order valence-corrected chi connectivity index (χ1v) is 8.82. The first-order chi connectivity index (χ1) is 12.7. The third-order valence-corrected chi connectivity index (χ3v) is 4.49. The minimum atomic E-state index is -0.258. The van der Waals surface area contributed by atoms with Crippen LogP contribution in [0.1, 0.15) is 6.04 Å². The van der Waals surface area contributed by atoms with E-state index in [0.717, 1.165) is 10.0 Å². The van der Waals surface area contributed by atoms with Crippen LogP contribution in [0.4, 0.5) is 5.95 Å².